The minimum atomic E-state index is 0.175. The summed E-state index contributed by atoms with van der Waals surface area (Å²) in [7, 11) is 0. The van der Waals surface area contributed by atoms with E-state index in [1.807, 2.05) is 48.5 Å². The summed E-state index contributed by atoms with van der Waals surface area (Å²) in [6, 6.07) is 22.1. The molecule has 0 aliphatic carbocycles. The van der Waals surface area contributed by atoms with Gasteiger partial charge in [0.1, 0.15) is 11.5 Å². The molecule has 4 N–H and O–H groups in total. The minimum absolute atomic E-state index is 0.175. The van der Waals surface area contributed by atoms with Gasteiger partial charge >= 0.3 is 0 Å². The Kier molecular flexibility index (Phi) is 3.35. The first-order chi connectivity index (χ1) is 11.7. The third kappa shape index (κ3) is 2.34. The van der Waals surface area contributed by atoms with Gasteiger partial charge in [0.05, 0.1) is 22.8 Å². The average molecular weight is 316 g/mol. The fourth-order valence-electron chi connectivity index (χ4n) is 2.87. The number of para-hydroxylation sites is 4. The molecular weight excluding hydrogens is 300 g/mol. The number of nitrogens with one attached hydrogen (secondary N) is 2. The molecule has 1 aliphatic heterocycles. The molecule has 4 rings (SSSR count). The molecule has 24 heavy (non-hydrogen) atoms. The van der Waals surface area contributed by atoms with E-state index in [2.05, 4.69) is 10.6 Å². The lowest BCUT2D eigenvalue weighted by Crippen LogP contribution is -2.15. The number of anilines is 2. The number of hydrogen-bond acceptors (Lipinski definition) is 4. The summed E-state index contributed by atoms with van der Waals surface area (Å²) in [4.78, 5) is 0. The molecule has 0 aromatic heterocycles. The molecule has 0 amide bonds. The van der Waals surface area contributed by atoms with Crippen molar-refractivity contribution in [1.29, 1.82) is 0 Å². The summed E-state index contributed by atoms with van der Waals surface area (Å²) in [5.74, 6) is 0.350. The summed E-state index contributed by atoms with van der Waals surface area (Å²) in [6.45, 7) is 0. The van der Waals surface area contributed by atoms with Crippen LogP contribution in [-0.4, -0.2) is 10.2 Å². The molecule has 0 fully saturated rings. The van der Waals surface area contributed by atoms with E-state index < -0.39 is 0 Å². The molecule has 0 radical (unpaired) electrons. The smallest absolute Gasteiger partial charge is 0.124 e. The molecule has 1 aliphatic rings. The minimum Gasteiger partial charge on any atom is -0.507 e. The van der Waals surface area contributed by atoms with Gasteiger partial charge in [-0.25, -0.2) is 0 Å². The van der Waals surface area contributed by atoms with E-state index >= 15 is 0 Å². The van der Waals surface area contributed by atoms with Crippen LogP contribution in [0.15, 0.2) is 72.8 Å². The summed E-state index contributed by atoms with van der Waals surface area (Å²) in [5.41, 5.74) is 4.59. The first kappa shape index (κ1) is 14.2. The van der Waals surface area contributed by atoms with Gasteiger partial charge in [-0.15, -0.1) is 0 Å². The second kappa shape index (κ2) is 5.66. The Morgan fingerprint density at radius 3 is 1.29 bits per heavy atom. The maximum Gasteiger partial charge on any atom is 0.124 e. The highest BCUT2D eigenvalue weighted by atomic mass is 16.3. The Morgan fingerprint density at radius 2 is 0.875 bits per heavy atom. The standard InChI is InChI=1S/C20H16N2O2/c23-17-11-5-1-7-13(17)19-20(14-8-2-6-12-18(14)24)22-16-10-4-3-9-15(16)21-19/h1-12,21-24H. The van der Waals surface area contributed by atoms with E-state index in [1.165, 1.54) is 0 Å². The highest BCUT2D eigenvalue weighted by Gasteiger charge is 2.22. The Labute approximate surface area is 139 Å². The molecule has 4 heteroatoms. The Morgan fingerprint density at radius 1 is 0.500 bits per heavy atom. The van der Waals surface area contributed by atoms with Crippen LogP contribution in [0, 0.1) is 0 Å². The van der Waals surface area contributed by atoms with Gasteiger partial charge in [0, 0.05) is 11.1 Å². The molecule has 3 aromatic carbocycles. The van der Waals surface area contributed by atoms with Gasteiger partial charge in [-0.05, 0) is 36.4 Å². The van der Waals surface area contributed by atoms with Crippen molar-refractivity contribution >= 4 is 22.8 Å². The first-order valence-electron chi connectivity index (χ1n) is 7.68. The maximum absolute atomic E-state index is 10.3. The highest BCUT2D eigenvalue weighted by molar-refractivity contribution is 6.07. The van der Waals surface area contributed by atoms with Crippen LogP contribution in [-0.2, 0) is 0 Å². The van der Waals surface area contributed by atoms with Gasteiger partial charge in [0.2, 0.25) is 0 Å². The SMILES string of the molecule is Oc1ccccc1C1=C(c2ccccc2O)Nc2ccccc2N1. The van der Waals surface area contributed by atoms with Gasteiger partial charge in [0.25, 0.3) is 0 Å². The van der Waals surface area contributed by atoms with Crippen molar-refractivity contribution in [3.05, 3.63) is 83.9 Å². The lowest BCUT2D eigenvalue weighted by atomic mass is 10.0. The van der Waals surface area contributed by atoms with Crippen LogP contribution in [0.5, 0.6) is 11.5 Å². The maximum atomic E-state index is 10.3. The van der Waals surface area contributed by atoms with Crippen molar-refractivity contribution in [3.8, 4) is 11.5 Å². The molecule has 1 heterocycles. The van der Waals surface area contributed by atoms with Crippen LogP contribution >= 0.6 is 0 Å². The zero-order valence-electron chi connectivity index (χ0n) is 12.8. The second-order valence-electron chi connectivity index (χ2n) is 5.58. The Balaban J connectivity index is 1.96. The predicted octanol–water partition coefficient (Wildman–Crippen LogP) is 4.46. The van der Waals surface area contributed by atoms with E-state index in [9.17, 15) is 10.2 Å². The number of phenols is 2. The van der Waals surface area contributed by atoms with E-state index in [-0.39, 0.29) is 11.5 Å². The van der Waals surface area contributed by atoms with Crippen LogP contribution in [0.2, 0.25) is 0 Å². The Hall–Kier alpha value is -3.40. The third-order valence-electron chi connectivity index (χ3n) is 4.04. The molecular formula is C20H16N2O2. The van der Waals surface area contributed by atoms with Crippen LogP contribution in [0.4, 0.5) is 11.4 Å². The molecule has 0 saturated carbocycles. The summed E-state index contributed by atoms with van der Waals surface area (Å²) in [6.07, 6.45) is 0. The molecule has 0 bridgehead atoms. The van der Waals surface area contributed by atoms with Gasteiger partial charge in [-0.2, -0.15) is 0 Å². The van der Waals surface area contributed by atoms with E-state index in [0.29, 0.717) is 22.5 Å². The number of rotatable bonds is 2. The van der Waals surface area contributed by atoms with Crippen LogP contribution < -0.4 is 10.6 Å². The number of hydrogen-bond donors (Lipinski definition) is 4. The molecule has 4 nitrogen and oxygen atoms in total. The Bertz CT molecular complexity index is 871. The highest BCUT2D eigenvalue weighted by Crippen LogP contribution is 2.41. The van der Waals surface area contributed by atoms with E-state index in [4.69, 9.17) is 0 Å². The first-order valence-corrected chi connectivity index (χ1v) is 7.68. The van der Waals surface area contributed by atoms with Crippen LogP contribution in [0.3, 0.4) is 0 Å². The lowest BCUT2D eigenvalue weighted by Gasteiger charge is -2.27. The van der Waals surface area contributed by atoms with Crippen LogP contribution in [0.1, 0.15) is 11.1 Å². The fourth-order valence-corrected chi connectivity index (χ4v) is 2.87. The predicted molar refractivity (Wildman–Crippen MR) is 96.7 cm³/mol. The van der Waals surface area contributed by atoms with Crippen molar-refractivity contribution in [3.63, 3.8) is 0 Å². The van der Waals surface area contributed by atoms with Crippen molar-refractivity contribution in [2.24, 2.45) is 0 Å². The number of fused-ring (bicyclic) bond motifs is 1. The number of aromatic hydroxyl groups is 2. The van der Waals surface area contributed by atoms with Gasteiger partial charge in [0.15, 0.2) is 0 Å². The van der Waals surface area contributed by atoms with Crippen molar-refractivity contribution in [2.75, 3.05) is 10.6 Å². The number of benzene rings is 3. The average Bonchev–Trinajstić information content (AvgIpc) is 2.62. The molecule has 0 spiro atoms. The third-order valence-corrected chi connectivity index (χ3v) is 4.04. The molecule has 0 atom stereocenters. The van der Waals surface area contributed by atoms with E-state index in [1.54, 1.807) is 24.3 Å². The normalized spacial score (nSPS) is 13.0. The van der Waals surface area contributed by atoms with E-state index in [0.717, 1.165) is 11.4 Å². The van der Waals surface area contributed by atoms with Crippen molar-refractivity contribution < 1.29 is 10.2 Å². The summed E-state index contributed by atoms with van der Waals surface area (Å²) >= 11 is 0. The second-order valence-corrected chi connectivity index (χ2v) is 5.58. The summed E-state index contributed by atoms with van der Waals surface area (Å²) < 4.78 is 0. The topological polar surface area (TPSA) is 64.5 Å². The molecule has 118 valence electrons. The quantitative estimate of drug-likeness (QED) is 0.563. The van der Waals surface area contributed by atoms with Gasteiger partial charge < -0.3 is 20.8 Å². The molecule has 0 saturated heterocycles. The fraction of sp³-hybridized carbons (Fsp3) is 0. The monoisotopic (exact) mass is 316 g/mol. The van der Waals surface area contributed by atoms with Crippen LogP contribution in [0.25, 0.3) is 11.4 Å². The van der Waals surface area contributed by atoms with Crippen molar-refractivity contribution in [1.82, 2.24) is 0 Å². The lowest BCUT2D eigenvalue weighted by molar-refractivity contribution is 0.472. The van der Waals surface area contributed by atoms with Crippen molar-refractivity contribution in [2.45, 2.75) is 0 Å². The van der Waals surface area contributed by atoms with Gasteiger partial charge in [-0.1, -0.05) is 36.4 Å². The zero-order chi connectivity index (χ0) is 16.5. The molecule has 3 aromatic rings. The largest absolute Gasteiger partial charge is 0.507 e. The number of phenolic OH excluding ortho intramolecular Hbond substituents is 2. The zero-order valence-corrected chi connectivity index (χ0v) is 12.8. The molecule has 0 unspecified atom stereocenters. The summed E-state index contributed by atoms with van der Waals surface area (Å²) in [5, 5.41) is 27.3. The van der Waals surface area contributed by atoms with Gasteiger partial charge in [-0.3, -0.25) is 0 Å².